The number of rotatable bonds is 9. The fraction of sp³-hybridized carbons (Fsp3) is 0.500. The third-order valence-corrected chi connectivity index (χ3v) is 8.45. The highest BCUT2D eigenvalue weighted by molar-refractivity contribution is 6.32. The van der Waals surface area contributed by atoms with Gasteiger partial charge in [-0.1, -0.05) is 55.2 Å². The molecule has 2 aromatic carbocycles. The van der Waals surface area contributed by atoms with Gasteiger partial charge in [0.25, 0.3) is 0 Å². The van der Waals surface area contributed by atoms with Crippen molar-refractivity contribution in [2.45, 2.75) is 50.7 Å². The number of fused-ring (bicyclic) bond motifs is 2. The summed E-state index contributed by atoms with van der Waals surface area (Å²) in [7, 11) is 0. The first-order valence-corrected chi connectivity index (χ1v) is 13.7. The highest BCUT2D eigenvalue weighted by Crippen LogP contribution is 2.59. The van der Waals surface area contributed by atoms with Crippen molar-refractivity contribution >= 4 is 40.8 Å². The van der Waals surface area contributed by atoms with Crippen LogP contribution < -0.4 is 15.5 Å². The van der Waals surface area contributed by atoms with Gasteiger partial charge in [0.1, 0.15) is 11.2 Å². The molecule has 2 heterocycles. The summed E-state index contributed by atoms with van der Waals surface area (Å²) >= 11 is 12.5. The number of anilines is 1. The summed E-state index contributed by atoms with van der Waals surface area (Å²) < 4.78 is 15.5. The Morgan fingerprint density at radius 3 is 2.72 bits per heavy atom. The van der Waals surface area contributed by atoms with Crippen LogP contribution in [0.1, 0.15) is 50.3 Å². The van der Waals surface area contributed by atoms with E-state index in [1.807, 2.05) is 13.8 Å². The van der Waals surface area contributed by atoms with Gasteiger partial charge in [-0.25, -0.2) is 14.1 Å². The number of hydrogen-bond acceptors (Lipinski definition) is 6. The van der Waals surface area contributed by atoms with Crippen LogP contribution in [-0.2, 0) is 10.2 Å². The van der Waals surface area contributed by atoms with Gasteiger partial charge in [-0.15, -0.1) is 0 Å². The number of carbonyl (C=O) groups is 2. The number of benzene rings is 2. The van der Waals surface area contributed by atoms with Crippen molar-refractivity contribution in [1.29, 1.82) is 0 Å². The lowest BCUT2D eigenvalue weighted by Gasteiger charge is -2.38. The highest BCUT2D eigenvalue weighted by Gasteiger charge is 2.65. The molecule has 4 atom stereocenters. The van der Waals surface area contributed by atoms with Crippen LogP contribution in [0.2, 0.25) is 10.0 Å². The van der Waals surface area contributed by atoms with Crippen LogP contribution in [0.25, 0.3) is 0 Å². The van der Waals surface area contributed by atoms with E-state index in [9.17, 15) is 19.8 Å². The molecule has 2 aliphatic heterocycles. The van der Waals surface area contributed by atoms with Gasteiger partial charge in [0.2, 0.25) is 5.91 Å². The van der Waals surface area contributed by atoms with Gasteiger partial charge in [0.05, 0.1) is 29.5 Å². The van der Waals surface area contributed by atoms with E-state index in [-0.39, 0.29) is 41.5 Å². The second kappa shape index (κ2) is 11.7. The Kier molecular flexibility index (Phi) is 8.90. The van der Waals surface area contributed by atoms with Crippen molar-refractivity contribution in [2.24, 2.45) is 11.3 Å². The second-order valence-corrected chi connectivity index (χ2v) is 11.9. The number of urea groups is 1. The molecule has 3 amide bonds. The highest BCUT2D eigenvalue weighted by atomic mass is 35.5. The molecular formula is C28H34Cl2FN3O5. The normalized spacial score (nSPS) is 23.4. The van der Waals surface area contributed by atoms with Crippen molar-refractivity contribution < 1.29 is 29.3 Å². The number of amides is 3. The van der Waals surface area contributed by atoms with E-state index in [1.54, 1.807) is 30.3 Å². The van der Waals surface area contributed by atoms with Crippen LogP contribution in [0.4, 0.5) is 14.9 Å². The molecular weight excluding hydrogens is 548 g/mol. The monoisotopic (exact) mass is 581 g/mol. The predicted molar refractivity (Wildman–Crippen MR) is 147 cm³/mol. The van der Waals surface area contributed by atoms with E-state index < -0.39 is 41.9 Å². The van der Waals surface area contributed by atoms with Crippen molar-refractivity contribution in [1.82, 2.24) is 10.6 Å². The number of carbonyl (C=O) groups excluding carboxylic acids is 2. The summed E-state index contributed by atoms with van der Waals surface area (Å²) in [6, 6.07) is 8.01. The molecule has 0 saturated carbocycles. The number of imide groups is 1. The van der Waals surface area contributed by atoms with Gasteiger partial charge in [0, 0.05) is 30.3 Å². The predicted octanol–water partition coefficient (Wildman–Crippen LogP) is 3.93. The molecule has 0 aromatic heterocycles. The number of hydrogen-bond donors (Lipinski definition) is 5. The van der Waals surface area contributed by atoms with Crippen molar-refractivity contribution in [3.8, 4) is 0 Å². The third kappa shape index (κ3) is 5.40. The maximum Gasteiger partial charge on any atom is 0.328 e. The number of nitrogens with zero attached hydrogens (tertiary/aromatic N) is 1. The fourth-order valence-corrected chi connectivity index (χ4v) is 6.41. The van der Waals surface area contributed by atoms with Crippen LogP contribution in [0.3, 0.4) is 0 Å². The molecule has 1 fully saturated rings. The van der Waals surface area contributed by atoms with E-state index in [2.05, 4.69) is 10.6 Å². The molecule has 0 bridgehead atoms. The molecule has 2 aromatic rings. The van der Waals surface area contributed by atoms with Crippen molar-refractivity contribution in [3.63, 3.8) is 0 Å². The summed E-state index contributed by atoms with van der Waals surface area (Å²) in [5, 5.41) is 34.7. The molecule has 0 aliphatic carbocycles. The van der Waals surface area contributed by atoms with E-state index in [1.165, 1.54) is 6.07 Å². The molecule has 0 radical (unpaired) electrons. The summed E-state index contributed by atoms with van der Waals surface area (Å²) in [4.78, 5) is 29.1. The molecule has 0 unspecified atom stereocenters. The first-order chi connectivity index (χ1) is 18.5. The van der Waals surface area contributed by atoms with Gasteiger partial charge < -0.3 is 26.0 Å². The van der Waals surface area contributed by atoms with Gasteiger partial charge in [-0.3, -0.25) is 4.79 Å². The molecule has 8 nitrogen and oxygen atoms in total. The maximum atomic E-state index is 15.5. The van der Waals surface area contributed by atoms with Crippen LogP contribution >= 0.6 is 23.2 Å². The summed E-state index contributed by atoms with van der Waals surface area (Å²) in [5.41, 5.74) is -0.679. The van der Waals surface area contributed by atoms with Crippen LogP contribution in [0.5, 0.6) is 0 Å². The van der Waals surface area contributed by atoms with Crippen molar-refractivity contribution in [2.75, 3.05) is 31.2 Å². The van der Waals surface area contributed by atoms with E-state index in [0.29, 0.717) is 35.7 Å². The lowest BCUT2D eigenvalue weighted by atomic mass is 9.63. The minimum atomic E-state index is -1.37. The smallest absolute Gasteiger partial charge is 0.328 e. The van der Waals surface area contributed by atoms with Gasteiger partial charge in [-0.2, -0.15) is 0 Å². The Morgan fingerprint density at radius 2 is 2.03 bits per heavy atom. The molecule has 2 aliphatic rings. The molecule has 39 heavy (non-hydrogen) atoms. The minimum Gasteiger partial charge on any atom is -0.396 e. The minimum absolute atomic E-state index is 0.0186. The molecule has 1 spiro atoms. The molecule has 212 valence electrons. The average Bonchev–Trinajstić information content (AvgIpc) is 3.36. The van der Waals surface area contributed by atoms with E-state index >= 15 is 4.39 Å². The van der Waals surface area contributed by atoms with Crippen LogP contribution in [0, 0.1) is 17.2 Å². The second-order valence-electron chi connectivity index (χ2n) is 11.1. The zero-order valence-corrected chi connectivity index (χ0v) is 23.4. The first kappa shape index (κ1) is 29.7. The quantitative estimate of drug-likeness (QED) is 0.306. The third-order valence-electron chi connectivity index (χ3n) is 7.92. The zero-order chi connectivity index (χ0) is 28.5. The lowest BCUT2D eigenvalue weighted by Crippen LogP contribution is -2.52. The molecule has 4 rings (SSSR count). The molecule has 5 N–H and O–H groups in total. The van der Waals surface area contributed by atoms with Crippen LogP contribution in [0.15, 0.2) is 36.4 Å². The lowest BCUT2D eigenvalue weighted by molar-refractivity contribution is -0.124. The van der Waals surface area contributed by atoms with E-state index in [4.69, 9.17) is 28.3 Å². The van der Waals surface area contributed by atoms with Crippen molar-refractivity contribution in [3.05, 3.63) is 63.4 Å². The number of aliphatic hydroxyl groups is 3. The standard InChI is InChI=1S/C28H34Cl2FN3O5/c1-27(2,9-11-35)13-16-14-33-24(19-4-3-5-21(30)23(19)31)28(16)20-7-6-17(29)12-22(20)34(25(28)38)26(39)32-10-8-18(37)15-36/h3-7,12,16,18,24,33,35-37H,8-11,13-15H2,1-2H3,(H,32,39)/t16-,18+,24-,28-/m1/s1. The topological polar surface area (TPSA) is 122 Å². The summed E-state index contributed by atoms with van der Waals surface area (Å²) in [6.45, 7) is 3.90. The number of halogens is 3. The largest absolute Gasteiger partial charge is 0.396 e. The summed E-state index contributed by atoms with van der Waals surface area (Å²) in [5.74, 6) is -1.54. The number of aliphatic hydroxyl groups excluding tert-OH is 3. The molecule has 11 heteroatoms. The summed E-state index contributed by atoms with van der Waals surface area (Å²) in [6.07, 6.45) is 0.0771. The van der Waals surface area contributed by atoms with E-state index in [0.717, 1.165) is 4.90 Å². The Labute approximate surface area is 237 Å². The molecule has 1 saturated heterocycles. The van der Waals surface area contributed by atoms with Crippen LogP contribution in [-0.4, -0.2) is 59.7 Å². The maximum absolute atomic E-state index is 15.5. The number of nitrogens with one attached hydrogen (secondary N) is 2. The Balaban J connectivity index is 1.86. The Bertz CT molecular complexity index is 1250. The van der Waals surface area contributed by atoms with Gasteiger partial charge in [-0.05, 0) is 54.4 Å². The fourth-order valence-electron chi connectivity index (χ4n) is 6.06. The Morgan fingerprint density at radius 1 is 1.28 bits per heavy atom. The Hall–Kier alpha value is -2.27. The van der Waals surface area contributed by atoms with Gasteiger partial charge in [0.15, 0.2) is 0 Å². The first-order valence-electron chi connectivity index (χ1n) is 13.0. The SMILES string of the molecule is CC(C)(CCO)C[C@@H]1CN[C@H](c2cccc(Cl)c2F)[C@@]12C(=O)N(C(=O)NCC[C@H](O)CO)c1cc(Cl)ccc12. The zero-order valence-electron chi connectivity index (χ0n) is 21.9. The average molecular weight is 583 g/mol. The van der Waals surface area contributed by atoms with Gasteiger partial charge >= 0.3 is 6.03 Å².